The van der Waals surface area contributed by atoms with Gasteiger partial charge in [0.2, 0.25) is 10.0 Å². The van der Waals surface area contributed by atoms with Crippen LogP contribution in [0.15, 0.2) is 40.6 Å². The molecule has 0 saturated carbocycles. The molecule has 1 aromatic carbocycles. The van der Waals surface area contributed by atoms with E-state index in [1.807, 2.05) is 31.2 Å². The number of fused-ring (bicyclic) bond motifs is 1. The molecule has 140 valence electrons. The Morgan fingerprint density at radius 2 is 2.04 bits per heavy atom. The Kier molecular flexibility index (Phi) is 5.76. The average molecular weight is 394 g/mol. The smallest absolute Gasteiger partial charge is 0.262 e. The molecule has 1 aliphatic rings. The van der Waals surface area contributed by atoms with Gasteiger partial charge >= 0.3 is 0 Å². The first-order valence-corrected chi connectivity index (χ1v) is 10.9. The number of nitrogens with two attached hydrogens (primary N) is 1. The Bertz CT molecular complexity index is 893. The molecule has 8 heteroatoms. The minimum absolute atomic E-state index is 0.0831. The van der Waals surface area contributed by atoms with Crippen molar-refractivity contribution in [2.75, 3.05) is 19.6 Å². The highest BCUT2D eigenvalue weighted by Crippen LogP contribution is 2.29. The van der Waals surface area contributed by atoms with Gasteiger partial charge in [0.25, 0.3) is 5.91 Å². The van der Waals surface area contributed by atoms with Gasteiger partial charge in [0.05, 0.1) is 0 Å². The lowest BCUT2D eigenvalue weighted by molar-refractivity contribution is 0.0949. The minimum atomic E-state index is -3.72. The van der Waals surface area contributed by atoms with E-state index >= 15 is 0 Å². The van der Waals surface area contributed by atoms with Gasteiger partial charge in [0.15, 0.2) is 0 Å². The number of benzene rings is 1. The number of thiophene rings is 1. The van der Waals surface area contributed by atoms with Crippen molar-refractivity contribution in [1.29, 1.82) is 0 Å². The molecule has 6 nitrogen and oxygen atoms in total. The summed E-state index contributed by atoms with van der Waals surface area (Å²) < 4.78 is 27.7. The van der Waals surface area contributed by atoms with E-state index in [0.717, 1.165) is 16.9 Å². The standard InChI is InChI=1S/C18H23N3O3S2/c1-13(10-19)11-20-18(22)17-16(7-9-25-17)26(23,24)21-8-6-14-4-2-3-5-15(14)12-21/h2-5,7,9,13H,6,8,10-12,19H2,1H3,(H,20,22). The van der Waals surface area contributed by atoms with Gasteiger partial charge < -0.3 is 11.1 Å². The number of rotatable bonds is 6. The van der Waals surface area contributed by atoms with Gasteiger partial charge in [0, 0.05) is 19.6 Å². The van der Waals surface area contributed by atoms with Crippen LogP contribution in [0.1, 0.15) is 27.7 Å². The Hall–Kier alpha value is -1.74. The number of sulfonamides is 1. The van der Waals surface area contributed by atoms with Gasteiger partial charge in [0.1, 0.15) is 9.77 Å². The molecule has 0 radical (unpaired) electrons. The zero-order valence-corrected chi connectivity index (χ0v) is 16.3. The first-order valence-electron chi connectivity index (χ1n) is 8.56. The molecule has 3 N–H and O–H groups in total. The maximum Gasteiger partial charge on any atom is 0.262 e. The second-order valence-corrected chi connectivity index (χ2v) is 9.34. The van der Waals surface area contributed by atoms with Crippen LogP contribution in [0.5, 0.6) is 0 Å². The Balaban J connectivity index is 1.81. The first-order chi connectivity index (χ1) is 12.4. The minimum Gasteiger partial charge on any atom is -0.351 e. The summed E-state index contributed by atoms with van der Waals surface area (Å²) >= 11 is 1.14. The summed E-state index contributed by atoms with van der Waals surface area (Å²) in [4.78, 5) is 12.8. The molecule has 0 aliphatic carbocycles. The highest BCUT2D eigenvalue weighted by Gasteiger charge is 2.32. The summed E-state index contributed by atoms with van der Waals surface area (Å²) in [5.41, 5.74) is 7.75. The second-order valence-electron chi connectivity index (χ2n) is 6.52. The van der Waals surface area contributed by atoms with Crippen LogP contribution in [0.2, 0.25) is 0 Å². The van der Waals surface area contributed by atoms with Crippen molar-refractivity contribution in [3.05, 3.63) is 51.7 Å². The molecule has 0 saturated heterocycles. The van der Waals surface area contributed by atoms with Crippen LogP contribution in [0.4, 0.5) is 0 Å². The zero-order valence-electron chi connectivity index (χ0n) is 14.6. The van der Waals surface area contributed by atoms with E-state index in [-0.39, 0.29) is 21.6 Å². The molecule has 1 aromatic heterocycles. The Morgan fingerprint density at radius 3 is 2.77 bits per heavy atom. The predicted octanol–water partition coefficient (Wildman–Crippen LogP) is 1.82. The van der Waals surface area contributed by atoms with Crippen LogP contribution < -0.4 is 11.1 Å². The van der Waals surface area contributed by atoms with Crippen LogP contribution >= 0.6 is 11.3 Å². The molecule has 1 atom stereocenters. The highest BCUT2D eigenvalue weighted by atomic mass is 32.2. The average Bonchev–Trinajstić information content (AvgIpc) is 3.16. The summed E-state index contributed by atoms with van der Waals surface area (Å²) in [5, 5.41) is 4.42. The summed E-state index contributed by atoms with van der Waals surface area (Å²) in [6, 6.07) is 9.37. The third kappa shape index (κ3) is 3.83. The quantitative estimate of drug-likeness (QED) is 0.783. The van der Waals surface area contributed by atoms with Crippen molar-refractivity contribution in [2.24, 2.45) is 11.7 Å². The van der Waals surface area contributed by atoms with Crippen LogP contribution in [0.25, 0.3) is 0 Å². The molecule has 1 unspecified atom stereocenters. The van der Waals surface area contributed by atoms with Gasteiger partial charge in [-0.3, -0.25) is 4.79 Å². The maximum atomic E-state index is 13.1. The fourth-order valence-corrected chi connectivity index (χ4v) is 5.65. The van der Waals surface area contributed by atoms with Crippen LogP contribution in [-0.4, -0.2) is 38.3 Å². The van der Waals surface area contributed by atoms with E-state index in [1.165, 1.54) is 15.9 Å². The summed E-state index contributed by atoms with van der Waals surface area (Å²) in [6.07, 6.45) is 0.676. The second kappa shape index (κ2) is 7.87. The third-order valence-electron chi connectivity index (χ3n) is 4.56. The molecular formula is C18H23N3O3S2. The fourth-order valence-electron chi connectivity index (χ4n) is 2.91. The molecule has 0 fully saturated rings. The fraction of sp³-hybridized carbons (Fsp3) is 0.389. The molecule has 2 aromatic rings. The topological polar surface area (TPSA) is 92.5 Å². The lowest BCUT2D eigenvalue weighted by Gasteiger charge is -2.28. The number of hydrogen-bond acceptors (Lipinski definition) is 5. The van der Waals surface area contributed by atoms with E-state index in [4.69, 9.17) is 5.73 Å². The van der Waals surface area contributed by atoms with E-state index in [1.54, 1.807) is 5.38 Å². The van der Waals surface area contributed by atoms with Crippen LogP contribution in [0, 0.1) is 5.92 Å². The van der Waals surface area contributed by atoms with Gasteiger partial charge in [-0.15, -0.1) is 11.3 Å². The normalized spacial score (nSPS) is 16.1. The molecule has 1 amide bonds. The number of nitrogens with zero attached hydrogens (tertiary/aromatic N) is 1. The van der Waals surface area contributed by atoms with E-state index < -0.39 is 10.0 Å². The predicted molar refractivity (Wildman–Crippen MR) is 103 cm³/mol. The molecule has 1 aliphatic heterocycles. The van der Waals surface area contributed by atoms with E-state index in [0.29, 0.717) is 32.6 Å². The van der Waals surface area contributed by atoms with E-state index in [9.17, 15) is 13.2 Å². The maximum absolute atomic E-state index is 13.1. The van der Waals surface area contributed by atoms with Gasteiger partial charge in [-0.05, 0) is 41.5 Å². The van der Waals surface area contributed by atoms with Crippen molar-refractivity contribution >= 4 is 27.3 Å². The van der Waals surface area contributed by atoms with Crippen molar-refractivity contribution in [3.8, 4) is 0 Å². The van der Waals surface area contributed by atoms with Crippen molar-refractivity contribution in [1.82, 2.24) is 9.62 Å². The lowest BCUT2D eigenvalue weighted by Crippen LogP contribution is -2.37. The van der Waals surface area contributed by atoms with E-state index in [2.05, 4.69) is 5.32 Å². The molecule has 0 bridgehead atoms. The zero-order chi connectivity index (χ0) is 18.7. The Labute approximate surface area is 158 Å². The molecular weight excluding hydrogens is 370 g/mol. The van der Waals surface area contributed by atoms with Crippen molar-refractivity contribution in [2.45, 2.75) is 24.8 Å². The SMILES string of the molecule is CC(CN)CNC(=O)c1sccc1S(=O)(=O)N1CCc2ccccc2C1. The van der Waals surface area contributed by atoms with Crippen LogP contribution in [-0.2, 0) is 23.0 Å². The largest absolute Gasteiger partial charge is 0.351 e. The van der Waals surface area contributed by atoms with Gasteiger partial charge in [-0.2, -0.15) is 4.31 Å². The van der Waals surface area contributed by atoms with Crippen molar-refractivity contribution in [3.63, 3.8) is 0 Å². The van der Waals surface area contributed by atoms with Crippen LogP contribution in [0.3, 0.4) is 0 Å². The first kappa shape index (κ1) is 19.0. The van der Waals surface area contributed by atoms with Gasteiger partial charge in [-0.25, -0.2) is 8.42 Å². The number of carbonyl (C=O) groups excluding carboxylic acids is 1. The molecule has 3 rings (SSSR count). The van der Waals surface area contributed by atoms with Crippen molar-refractivity contribution < 1.29 is 13.2 Å². The monoisotopic (exact) mass is 393 g/mol. The number of nitrogens with one attached hydrogen (secondary N) is 1. The number of amides is 1. The Morgan fingerprint density at radius 1 is 1.31 bits per heavy atom. The molecule has 26 heavy (non-hydrogen) atoms. The molecule has 0 spiro atoms. The molecule has 2 heterocycles. The number of hydrogen-bond donors (Lipinski definition) is 2. The number of carbonyl (C=O) groups is 1. The third-order valence-corrected chi connectivity index (χ3v) is 7.49. The summed E-state index contributed by atoms with van der Waals surface area (Å²) in [6.45, 7) is 3.56. The lowest BCUT2D eigenvalue weighted by atomic mass is 10.0. The highest BCUT2D eigenvalue weighted by molar-refractivity contribution is 7.89. The summed E-state index contributed by atoms with van der Waals surface area (Å²) in [5.74, 6) is -0.228. The van der Waals surface area contributed by atoms with Gasteiger partial charge in [-0.1, -0.05) is 31.2 Å². The summed E-state index contributed by atoms with van der Waals surface area (Å²) in [7, 11) is -3.72.